The maximum absolute atomic E-state index is 12.9. The molecular weight excluding hydrogens is 191 g/mol. The van der Waals surface area contributed by atoms with Crippen LogP contribution in [0.5, 0.6) is 0 Å². The van der Waals surface area contributed by atoms with Crippen molar-refractivity contribution in [2.75, 3.05) is 0 Å². The van der Waals surface area contributed by atoms with E-state index in [4.69, 9.17) is 5.26 Å². The van der Waals surface area contributed by atoms with E-state index in [1.165, 1.54) is 6.07 Å². The van der Waals surface area contributed by atoms with E-state index in [-0.39, 0.29) is 0 Å². The fraction of sp³-hybridized carbons (Fsp3) is 0. The Morgan fingerprint density at radius 2 is 1.87 bits per heavy atom. The summed E-state index contributed by atoms with van der Waals surface area (Å²) in [4.78, 5) is 3.73. The number of aromatic nitrogens is 1. The second-order valence-electron chi connectivity index (χ2n) is 3.00. The van der Waals surface area contributed by atoms with Crippen LogP contribution in [0, 0.1) is 17.3 Å². The predicted molar refractivity (Wildman–Crippen MR) is 54.3 cm³/mol. The first-order chi connectivity index (χ1) is 7.31. The molecule has 0 atom stereocenters. The van der Waals surface area contributed by atoms with E-state index in [0.717, 1.165) is 0 Å². The summed E-state index contributed by atoms with van der Waals surface area (Å²) in [6, 6.07) is 13.6. The van der Waals surface area contributed by atoms with Gasteiger partial charge in [-0.15, -0.1) is 0 Å². The first-order valence-corrected chi connectivity index (χ1v) is 4.43. The van der Waals surface area contributed by atoms with E-state index in [2.05, 4.69) is 11.1 Å². The third-order valence-corrected chi connectivity index (χ3v) is 2.04. The highest BCUT2D eigenvalue weighted by molar-refractivity contribution is 5.66. The molecule has 2 nitrogen and oxygen atoms in total. The van der Waals surface area contributed by atoms with Crippen molar-refractivity contribution in [2.45, 2.75) is 0 Å². The fourth-order valence-electron chi connectivity index (χ4n) is 1.36. The highest BCUT2D eigenvalue weighted by Gasteiger charge is 2.05. The van der Waals surface area contributed by atoms with Gasteiger partial charge in [0.1, 0.15) is 0 Å². The standard InChI is InChI=1S/C12H7FN2/c13-12-7-3-6-11(15-12)10-5-2-1-4-9(10)8-14/h1-7H. The van der Waals surface area contributed by atoms with Crippen molar-refractivity contribution in [3.05, 3.63) is 54.0 Å². The summed E-state index contributed by atoms with van der Waals surface area (Å²) in [5, 5.41) is 8.88. The van der Waals surface area contributed by atoms with E-state index < -0.39 is 5.95 Å². The van der Waals surface area contributed by atoms with E-state index in [1.54, 1.807) is 36.4 Å². The summed E-state index contributed by atoms with van der Waals surface area (Å²) in [6.07, 6.45) is 0. The second kappa shape index (κ2) is 3.89. The molecule has 0 aliphatic carbocycles. The number of pyridine rings is 1. The van der Waals surface area contributed by atoms with Gasteiger partial charge in [-0.3, -0.25) is 0 Å². The van der Waals surface area contributed by atoms with Crippen LogP contribution < -0.4 is 0 Å². The fourth-order valence-corrected chi connectivity index (χ4v) is 1.36. The highest BCUT2D eigenvalue weighted by atomic mass is 19.1. The van der Waals surface area contributed by atoms with Gasteiger partial charge in [-0.2, -0.15) is 9.65 Å². The van der Waals surface area contributed by atoms with Crippen LogP contribution in [0.2, 0.25) is 0 Å². The zero-order chi connectivity index (χ0) is 10.7. The molecule has 0 bridgehead atoms. The first-order valence-electron chi connectivity index (χ1n) is 4.43. The predicted octanol–water partition coefficient (Wildman–Crippen LogP) is 2.76. The van der Waals surface area contributed by atoms with Crippen LogP contribution >= 0.6 is 0 Å². The van der Waals surface area contributed by atoms with Gasteiger partial charge in [-0.05, 0) is 18.2 Å². The van der Waals surface area contributed by atoms with Crippen molar-refractivity contribution in [2.24, 2.45) is 0 Å². The SMILES string of the molecule is N#Cc1ccccc1-c1cccc(F)n1. The number of hydrogen-bond acceptors (Lipinski definition) is 2. The molecule has 0 unspecified atom stereocenters. The van der Waals surface area contributed by atoms with E-state index in [0.29, 0.717) is 16.8 Å². The Balaban J connectivity index is 2.60. The van der Waals surface area contributed by atoms with Gasteiger partial charge in [0.15, 0.2) is 0 Å². The largest absolute Gasteiger partial charge is 0.220 e. The van der Waals surface area contributed by atoms with Crippen molar-refractivity contribution in [1.29, 1.82) is 5.26 Å². The molecule has 1 aromatic carbocycles. The molecule has 0 aliphatic rings. The normalized spacial score (nSPS) is 9.60. The molecule has 0 amide bonds. The lowest BCUT2D eigenvalue weighted by Gasteiger charge is -2.02. The molecule has 0 radical (unpaired) electrons. The van der Waals surface area contributed by atoms with Crippen molar-refractivity contribution in [3.8, 4) is 17.3 Å². The van der Waals surface area contributed by atoms with Gasteiger partial charge in [-0.25, -0.2) is 4.98 Å². The molecule has 2 aromatic rings. The zero-order valence-corrected chi connectivity index (χ0v) is 7.81. The molecule has 0 N–H and O–H groups in total. The molecule has 0 fully saturated rings. The number of nitriles is 1. The van der Waals surface area contributed by atoms with Crippen LogP contribution in [0.25, 0.3) is 11.3 Å². The third-order valence-electron chi connectivity index (χ3n) is 2.04. The third kappa shape index (κ3) is 1.84. The first kappa shape index (κ1) is 9.35. The Kier molecular flexibility index (Phi) is 2.42. The minimum absolute atomic E-state index is 0.479. The molecule has 1 aromatic heterocycles. The van der Waals surface area contributed by atoms with Gasteiger partial charge < -0.3 is 0 Å². The minimum atomic E-state index is -0.541. The van der Waals surface area contributed by atoms with Crippen LogP contribution in [0.15, 0.2) is 42.5 Å². The maximum Gasteiger partial charge on any atom is 0.213 e. The minimum Gasteiger partial charge on any atom is -0.220 e. The van der Waals surface area contributed by atoms with Crippen LogP contribution in [0.3, 0.4) is 0 Å². The van der Waals surface area contributed by atoms with Crippen molar-refractivity contribution in [3.63, 3.8) is 0 Å². The van der Waals surface area contributed by atoms with Crippen molar-refractivity contribution in [1.82, 2.24) is 4.98 Å². The van der Waals surface area contributed by atoms with Gasteiger partial charge in [0, 0.05) is 5.56 Å². The van der Waals surface area contributed by atoms with Crippen molar-refractivity contribution >= 4 is 0 Å². The average Bonchev–Trinajstić information content (AvgIpc) is 2.29. The lowest BCUT2D eigenvalue weighted by atomic mass is 10.1. The van der Waals surface area contributed by atoms with Crippen LogP contribution in [0.4, 0.5) is 4.39 Å². The van der Waals surface area contributed by atoms with Gasteiger partial charge in [0.05, 0.1) is 17.3 Å². The molecule has 0 saturated heterocycles. The molecule has 3 heteroatoms. The lowest BCUT2D eigenvalue weighted by Crippen LogP contribution is -1.89. The molecule has 2 rings (SSSR count). The van der Waals surface area contributed by atoms with Gasteiger partial charge in [-0.1, -0.05) is 24.3 Å². The maximum atomic E-state index is 12.9. The summed E-state index contributed by atoms with van der Waals surface area (Å²) in [5.41, 5.74) is 1.63. The van der Waals surface area contributed by atoms with Crippen LogP contribution in [-0.4, -0.2) is 4.98 Å². The molecule has 0 aliphatic heterocycles. The molecular formula is C12H7FN2. The average molecular weight is 198 g/mol. The monoisotopic (exact) mass is 198 g/mol. The number of hydrogen-bond donors (Lipinski definition) is 0. The smallest absolute Gasteiger partial charge is 0.213 e. The van der Waals surface area contributed by atoms with E-state index >= 15 is 0 Å². The Hall–Kier alpha value is -2.21. The Labute approximate surface area is 86.6 Å². The van der Waals surface area contributed by atoms with E-state index in [9.17, 15) is 4.39 Å². The Morgan fingerprint density at radius 1 is 1.07 bits per heavy atom. The number of benzene rings is 1. The number of halogens is 1. The quantitative estimate of drug-likeness (QED) is 0.660. The summed E-state index contributed by atoms with van der Waals surface area (Å²) in [5.74, 6) is -0.541. The second-order valence-corrected chi connectivity index (χ2v) is 3.00. The van der Waals surface area contributed by atoms with Crippen LogP contribution in [-0.2, 0) is 0 Å². The summed E-state index contributed by atoms with van der Waals surface area (Å²) >= 11 is 0. The van der Waals surface area contributed by atoms with Crippen molar-refractivity contribution < 1.29 is 4.39 Å². The molecule has 15 heavy (non-hydrogen) atoms. The highest BCUT2D eigenvalue weighted by Crippen LogP contribution is 2.20. The van der Waals surface area contributed by atoms with Gasteiger partial charge >= 0.3 is 0 Å². The Morgan fingerprint density at radius 3 is 2.60 bits per heavy atom. The number of rotatable bonds is 1. The lowest BCUT2D eigenvalue weighted by molar-refractivity contribution is 0.585. The van der Waals surface area contributed by atoms with Gasteiger partial charge in [0.25, 0.3) is 0 Å². The topological polar surface area (TPSA) is 36.7 Å². The Bertz CT molecular complexity index is 529. The van der Waals surface area contributed by atoms with E-state index in [1.807, 2.05) is 0 Å². The summed E-state index contributed by atoms with van der Waals surface area (Å²) in [7, 11) is 0. The summed E-state index contributed by atoms with van der Waals surface area (Å²) in [6.45, 7) is 0. The molecule has 0 spiro atoms. The molecule has 1 heterocycles. The van der Waals surface area contributed by atoms with Gasteiger partial charge in [0.2, 0.25) is 5.95 Å². The number of nitrogens with zero attached hydrogens (tertiary/aromatic N) is 2. The zero-order valence-electron chi connectivity index (χ0n) is 7.81. The molecule has 72 valence electrons. The molecule has 0 saturated carbocycles. The van der Waals surface area contributed by atoms with Crippen LogP contribution in [0.1, 0.15) is 5.56 Å². The summed E-state index contributed by atoms with van der Waals surface area (Å²) < 4.78 is 12.9.